The highest BCUT2D eigenvalue weighted by Gasteiger charge is 2.34. The van der Waals surface area contributed by atoms with Crippen LogP contribution in [-0.2, 0) is 23.8 Å². The summed E-state index contributed by atoms with van der Waals surface area (Å²) in [6.07, 6.45) is 0.142. The number of ketones is 1. The Labute approximate surface area is 119 Å². The van der Waals surface area contributed by atoms with Gasteiger partial charge in [0.1, 0.15) is 12.4 Å². The molecular weight excluding hydrogens is 266 g/mol. The van der Waals surface area contributed by atoms with E-state index in [1.54, 1.807) is 0 Å². The third-order valence-electron chi connectivity index (χ3n) is 2.66. The number of Topliss-reactive ketones (excluding diaryl/α,β-unsaturated/α-hetero) is 1. The van der Waals surface area contributed by atoms with E-state index in [-0.39, 0.29) is 38.6 Å². The van der Waals surface area contributed by atoms with E-state index in [0.29, 0.717) is 13.2 Å². The number of hydrogen-bond donors (Lipinski definition) is 2. The van der Waals surface area contributed by atoms with Crippen LogP contribution in [0.15, 0.2) is 0 Å². The van der Waals surface area contributed by atoms with Crippen LogP contribution in [-0.4, -0.2) is 63.0 Å². The first kappa shape index (κ1) is 19.0. The Hall–Kier alpha value is -1.02. The van der Waals surface area contributed by atoms with Crippen molar-refractivity contribution >= 4 is 11.8 Å². The van der Waals surface area contributed by atoms with E-state index in [4.69, 9.17) is 25.1 Å². The first-order valence-electron chi connectivity index (χ1n) is 6.66. The van der Waals surface area contributed by atoms with Gasteiger partial charge in [-0.05, 0) is 13.8 Å². The van der Waals surface area contributed by atoms with Gasteiger partial charge in [-0.1, -0.05) is 0 Å². The summed E-state index contributed by atoms with van der Waals surface area (Å²) in [5.41, 5.74) is 4.65. The minimum Gasteiger partial charge on any atom is -0.480 e. The zero-order chi connectivity index (χ0) is 15.4. The minimum absolute atomic E-state index is 0.0705. The van der Waals surface area contributed by atoms with E-state index < -0.39 is 18.0 Å². The highest BCUT2D eigenvalue weighted by molar-refractivity contribution is 5.81. The third-order valence-corrected chi connectivity index (χ3v) is 2.66. The van der Waals surface area contributed by atoms with Crippen LogP contribution < -0.4 is 5.73 Å². The molecule has 7 nitrogen and oxygen atoms in total. The molecule has 0 aromatic heterocycles. The van der Waals surface area contributed by atoms with Crippen LogP contribution in [0.1, 0.15) is 20.3 Å². The summed E-state index contributed by atoms with van der Waals surface area (Å²) >= 11 is 0. The van der Waals surface area contributed by atoms with E-state index in [0.717, 1.165) is 0 Å². The van der Waals surface area contributed by atoms with Gasteiger partial charge in [0, 0.05) is 25.0 Å². The number of carbonyl (C=O) groups is 2. The lowest BCUT2D eigenvalue weighted by atomic mass is 9.85. The molecule has 0 spiro atoms. The fourth-order valence-electron chi connectivity index (χ4n) is 1.76. The molecule has 0 rings (SSSR count). The van der Waals surface area contributed by atoms with Gasteiger partial charge in [-0.2, -0.15) is 0 Å². The monoisotopic (exact) mass is 291 g/mol. The Bertz CT molecular complexity index is 287. The summed E-state index contributed by atoms with van der Waals surface area (Å²) in [4.78, 5) is 22.2. The molecule has 7 heteroatoms. The Balaban J connectivity index is 4.76. The van der Waals surface area contributed by atoms with Gasteiger partial charge < -0.3 is 25.1 Å². The Morgan fingerprint density at radius 1 is 1.05 bits per heavy atom. The van der Waals surface area contributed by atoms with Crippen molar-refractivity contribution in [3.63, 3.8) is 0 Å². The first-order chi connectivity index (χ1) is 9.49. The van der Waals surface area contributed by atoms with Crippen LogP contribution in [0.5, 0.6) is 0 Å². The highest BCUT2D eigenvalue weighted by atomic mass is 16.5. The summed E-state index contributed by atoms with van der Waals surface area (Å²) in [6, 6.07) is 0. The fourth-order valence-corrected chi connectivity index (χ4v) is 1.76. The van der Waals surface area contributed by atoms with Crippen molar-refractivity contribution in [3.8, 4) is 0 Å². The van der Waals surface area contributed by atoms with Crippen LogP contribution in [0.25, 0.3) is 0 Å². The maximum atomic E-state index is 11.6. The number of carboxylic acid groups (broad SMARTS) is 1. The summed E-state index contributed by atoms with van der Waals surface area (Å²) in [6.45, 7) is 4.76. The van der Waals surface area contributed by atoms with Gasteiger partial charge in [-0.3, -0.25) is 4.79 Å². The molecule has 0 atom stereocenters. The molecule has 0 aromatic carbocycles. The summed E-state index contributed by atoms with van der Waals surface area (Å²) in [5.74, 6) is -1.19. The van der Waals surface area contributed by atoms with Crippen LogP contribution in [0.4, 0.5) is 0 Å². The smallest absolute Gasteiger partial charge is 0.329 e. The number of hydrogen-bond acceptors (Lipinski definition) is 6. The van der Waals surface area contributed by atoms with Gasteiger partial charge in [-0.15, -0.1) is 0 Å². The quantitative estimate of drug-likeness (QED) is 0.494. The zero-order valence-corrected chi connectivity index (χ0v) is 12.2. The lowest BCUT2D eigenvalue weighted by Gasteiger charge is -2.32. The standard InChI is InChI=1S/C13H25NO6/c1-3-18-8-13(9-19-4-2,5-11(15)6-14)10-20-7-12(16)17/h3-10,14H2,1-2H3,(H,16,17). The maximum Gasteiger partial charge on any atom is 0.329 e. The molecule has 0 unspecified atom stereocenters. The van der Waals surface area contributed by atoms with E-state index in [9.17, 15) is 9.59 Å². The normalized spacial score (nSPS) is 11.6. The molecule has 0 aromatic rings. The Kier molecular flexibility index (Phi) is 10.2. The highest BCUT2D eigenvalue weighted by Crippen LogP contribution is 2.25. The maximum absolute atomic E-state index is 11.6. The van der Waals surface area contributed by atoms with Gasteiger partial charge >= 0.3 is 5.97 Å². The molecule has 0 aliphatic carbocycles. The number of ether oxygens (including phenoxy) is 3. The second kappa shape index (κ2) is 10.7. The zero-order valence-electron chi connectivity index (χ0n) is 12.2. The number of rotatable bonds is 13. The molecular formula is C13H25NO6. The van der Waals surface area contributed by atoms with E-state index in [2.05, 4.69) is 0 Å². The molecule has 0 fully saturated rings. The third kappa shape index (κ3) is 8.21. The summed E-state index contributed by atoms with van der Waals surface area (Å²) < 4.78 is 15.9. The number of aliphatic carboxylic acids is 1. The van der Waals surface area contributed by atoms with Crippen LogP contribution in [0.3, 0.4) is 0 Å². The predicted molar refractivity (Wildman–Crippen MR) is 72.6 cm³/mol. The fraction of sp³-hybridized carbons (Fsp3) is 0.846. The second-order valence-electron chi connectivity index (χ2n) is 4.58. The molecule has 0 aliphatic heterocycles. The van der Waals surface area contributed by atoms with Gasteiger partial charge in [0.05, 0.1) is 26.4 Å². The van der Waals surface area contributed by atoms with Crippen LogP contribution in [0.2, 0.25) is 0 Å². The lowest BCUT2D eigenvalue weighted by molar-refractivity contribution is -0.146. The Morgan fingerprint density at radius 2 is 1.55 bits per heavy atom. The van der Waals surface area contributed by atoms with Crippen molar-refractivity contribution in [2.24, 2.45) is 11.1 Å². The molecule has 20 heavy (non-hydrogen) atoms. The molecule has 0 saturated heterocycles. The van der Waals surface area contributed by atoms with E-state index in [1.165, 1.54) is 0 Å². The lowest BCUT2D eigenvalue weighted by Crippen LogP contribution is -2.41. The van der Waals surface area contributed by atoms with Gasteiger partial charge in [0.15, 0.2) is 0 Å². The van der Waals surface area contributed by atoms with Gasteiger partial charge in [0.25, 0.3) is 0 Å². The van der Waals surface area contributed by atoms with E-state index in [1.807, 2.05) is 13.8 Å². The van der Waals surface area contributed by atoms with Crippen LogP contribution in [0, 0.1) is 5.41 Å². The molecule has 0 radical (unpaired) electrons. The van der Waals surface area contributed by atoms with Crippen molar-refractivity contribution in [2.45, 2.75) is 20.3 Å². The summed E-state index contributed by atoms with van der Waals surface area (Å²) in [7, 11) is 0. The molecule has 0 aliphatic rings. The van der Waals surface area contributed by atoms with Crippen molar-refractivity contribution in [1.29, 1.82) is 0 Å². The molecule has 0 heterocycles. The predicted octanol–water partition coefficient (Wildman–Crippen LogP) is 0.0649. The number of nitrogens with two attached hydrogens (primary N) is 1. The first-order valence-corrected chi connectivity index (χ1v) is 6.66. The summed E-state index contributed by atoms with van der Waals surface area (Å²) in [5, 5.41) is 8.62. The van der Waals surface area contributed by atoms with Crippen LogP contribution >= 0.6 is 0 Å². The number of carbonyl (C=O) groups excluding carboxylic acids is 1. The van der Waals surface area contributed by atoms with Gasteiger partial charge in [0.2, 0.25) is 0 Å². The molecule has 118 valence electrons. The average Bonchev–Trinajstić information content (AvgIpc) is 2.42. The van der Waals surface area contributed by atoms with Crippen molar-refractivity contribution < 1.29 is 28.9 Å². The van der Waals surface area contributed by atoms with Gasteiger partial charge in [-0.25, -0.2) is 4.79 Å². The van der Waals surface area contributed by atoms with E-state index >= 15 is 0 Å². The largest absolute Gasteiger partial charge is 0.480 e. The second-order valence-corrected chi connectivity index (χ2v) is 4.58. The topological polar surface area (TPSA) is 108 Å². The van der Waals surface area contributed by atoms with Crippen molar-refractivity contribution in [2.75, 3.05) is 46.2 Å². The van der Waals surface area contributed by atoms with Crippen molar-refractivity contribution in [3.05, 3.63) is 0 Å². The Morgan fingerprint density at radius 3 is 1.95 bits per heavy atom. The molecule has 0 amide bonds. The SMILES string of the molecule is CCOCC(COCC)(COCC(=O)O)CC(=O)CN. The minimum atomic E-state index is -1.06. The molecule has 0 saturated carbocycles. The average molecular weight is 291 g/mol. The number of carboxylic acids is 1. The molecule has 3 N–H and O–H groups in total. The molecule has 0 bridgehead atoms. The van der Waals surface area contributed by atoms with Crippen molar-refractivity contribution in [1.82, 2.24) is 0 Å².